The van der Waals surface area contributed by atoms with Gasteiger partial charge < -0.3 is 4.42 Å². The van der Waals surface area contributed by atoms with Crippen molar-refractivity contribution in [1.29, 1.82) is 0 Å². The summed E-state index contributed by atoms with van der Waals surface area (Å²) < 4.78 is 6.41. The molecular formula is C11H9N5O2. The molecule has 7 nitrogen and oxygen atoms in total. The molecule has 2 aromatic heterocycles. The van der Waals surface area contributed by atoms with Gasteiger partial charge in [0.15, 0.2) is 0 Å². The molecule has 0 unspecified atom stereocenters. The summed E-state index contributed by atoms with van der Waals surface area (Å²) in [6.07, 6.45) is 0. The number of benzene rings is 1. The monoisotopic (exact) mass is 243 g/mol. The Kier molecular flexibility index (Phi) is 2.36. The lowest BCUT2D eigenvalue weighted by Crippen LogP contribution is -2.24. The van der Waals surface area contributed by atoms with Gasteiger partial charge >= 0.3 is 0 Å². The Morgan fingerprint density at radius 3 is 2.83 bits per heavy atom. The molecular weight excluding hydrogens is 234 g/mol. The predicted molar refractivity (Wildman–Crippen MR) is 61.9 cm³/mol. The van der Waals surface area contributed by atoms with E-state index in [0.29, 0.717) is 22.7 Å². The van der Waals surface area contributed by atoms with Gasteiger partial charge in [0, 0.05) is 6.92 Å². The second-order valence-corrected chi connectivity index (χ2v) is 3.78. The highest BCUT2D eigenvalue weighted by Gasteiger charge is 2.09. The van der Waals surface area contributed by atoms with Gasteiger partial charge in [0.2, 0.25) is 11.8 Å². The Hall–Kier alpha value is -2.57. The van der Waals surface area contributed by atoms with Gasteiger partial charge in [0.25, 0.3) is 5.56 Å². The van der Waals surface area contributed by atoms with Crippen molar-refractivity contribution in [2.45, 2.75) is 13.5 Å². The topological polar surface area (TPSA) is 86.7 Å². The van der Waals surface area contributed by atoms with E-state index in [9.17, 15) is 4.79 Å². The highest BCUT2D eigenvalue weighted by atomic mass is 16.4. The maximum absolute atomic E-state index is 12.1. The van der Waals surface area contributed by atoms with Crippen LogP contribution in [-0.2, 0) is 6.54 Å². The molecule has 0 N–H and O–H groups in total. The lowest BCUT2D eigenvalue weighted by Gasteiger charge is -2.01. The molecule has 0 saturated carbocycles. The summed E-state index contributed by atoms with van der Waals surface area (Å²) in [6, 6.07) is 7.04. The van der Waals surface area contributed by atoms with E-state index in [1.807, 2.05) is 6.07 Å². The zero-order valence-electron chi connectivity index (χ0n) is 9.57. The first-order valence-corrected chi connectivity index (χ1v) is 5.35. The largest absolute Gasteiger partial charge is 0.424 e. The van der Waals surface area contributed by atoms with E-state index < -0.39 is 0 Å². The Bertz CT molecular complexity index is 761. The Morgan fingerprint density at radius 2 is 2.06 bits per heavy atom. The van der Waals surface area contributed by atoms with E-state index in [4.69, 9.17) is 4.42 Å². The highest BCUT2D eigenvalue weighted by molar-refractivity contribution is 5.76. The third-order valence-corrected chi connectivity index (χ3v) is 2.48. The minimum Gasteiger partial charge on any atom is -0.424 e. The summed E-state index contributed by atoms with van der Waals surface area (Å²) >= 11 is 0. The van der Waals surface area contributed by atoms with Crippen LogP contribution < -0.4 is 5.56 Å². The van der Waals surface area contributed by atoms with Crippen LogP contribution >= 0.6 is 0 Å². The minimum absolute atomic E-state index is 0.123. The van der Waals surface area contributed by atoms with Gasteiger partial charge in [-0.05, 0) is 12.1 Å². The van der Waals surface area contributed by atoms with Gasteiger partial charge in [0.1, 0.15) is 12.1 Å². The molecule has 0 bridgehead atoms. The zero-order valence-corrected chi connectivity index (χ0v) is 9.57. The van der Waals surface area contributed by atoms with Crippen molar-refractivity contribution < 1.29 is 4.42 Å². The van der Waals surface area contributed by atoms with E-state index in [0.717, 1.165) is 0 Å². The molecule has 3 rings (SSSR count). The van der Waals surface area contributed by atoms with Gasteiger partial charge in [-0.1, -0.05) is 17.3 Å². The van der Waals surface area contributed by atoms with Gasteiger partial charge in [-0.15, -0.1) is 15.3 Å². The number of hydrogen-bond donors (Lipinski definition) is 0. The fourth-order valence-corrected chi connectivity index (χ4v) is 1.66. The van der Waals surface area contributed by atoms with Crippen molar-refractivity contribution in [2.75, 3.05) is 0 Å². The molecule has 0 spiro atoms. The summed E-state index contributed by atoms with van der Waals surface area (Å²) in [5.74, 6) is 0.783. The minimum atomic E-state index is -0.226. The van der Waals surface area contributed by atoms with Crippen molar-refractivity contribution in [3.8, 4) is 0 Å². The average molecular weight is 243 g/mol. The molecule has 0 amide bonds. The van der Waals surface area contributed by atoms with Gasteiger partial charge in [-0.3, -0.25) is 4.79 Å². The molecule has 2 heterocycles. The molecule has 3 aromatic rings. The lowest BCUT2D eigenvalue weighted by molar-refractivity contribution is 0.433. The van der Waals surface area contributed by atoms with Crippen LogP contribution in [-0.4, -0.2) is 25.2 Å². The van der Waals surface area contributed by atoms with Crippen molar-refractivity contribution in [1.82, 2.24) is 25.2 Å². The number of hydrogen-bond acceptors (Lipinski definition) is 6. The maximum atomic E-state index is 12.1. The molecule has 0 fully saturated rings. The summed E-state index contributed by atoms with van der Waals surface area (Å²) in [6.45, 7) is 1.81. The maximum Gasteiger partial charge on any atom is 0.278 e. The molecule has 0 saturated heterocycles. The SMILES string of the molecule is Cc1nnc(Cn2nnc3ccccc3c2=O)o1. The first-order valence-electron chi connectivity index (χ1n) is 5.35. The van der Waals surface area contributed by atoms with E-state index in [-0.39, 0.29) is 12.1 Å². The normalized spacial score (nSPS) is 10.9. The molecule has 0 aliphatic rings. The summed E-state index contributed by atoms with van der Waals surface area (Å²) in [5, 5.41) is 15.8. The fraction of sp³-hybridized carbons (Fsp3) is 0.182. The number of aromatic nitrogens is 5. The third kappa shape index (κ3) is 1.75. The van der Waals surface area contributed by atoms with E-state index in [1.54, 1.807) is 25.1 Å². The van der Waals surface area contributed by atoms with Crippen LogP contribution in [0.3, 0.4) is 0 Å². The predicted octanol–water partition coefficient (Wildman–Crippen LogP) is 0.531. The van der Waals surface area contributed by atoms with Crippen LogP contribution in [0.1, 0.15) is 11.8 Å². The Balaban J connectivity index is 2.08. The van der Waals surface area contributed by atoms with Crippen LogP contribution in [0.25, 0.3) is 10.9 Å². The quantitative estimate of drug-likeness (QED) is 0.652. The molecule has 1 aromatic carbocycles. The number of fused-ring (bicyclic) bond motifs is 1. The molecule has 7 heteroatoms. The van der Waals surface area contributed by atoms with Crippen molar-refractivity contribution in [3.05, 3.63) is 46.4 Å². The molecule has 90 valence electrons. The highest BCUT2D eigenvalue weighted by Crippen LogP contribution is 2.04. The van der Waals surface area contributed by atoms with Crippen LogP contribution in [0.2, 0.25) is 0 Å². The summed E-state index contributed by atoms with van der Waals surface area (Å²) in [4.78, 5) is 12.1. The van der Waals surface area contributed by atoms with E-state index >= 15 is 0 Å². The standard InChI is InChI=1S/C11H9N5O2/c1-7-12-14-10(18-7)6-16-11(17)8-4-2-3-5-9(8)13-15-16/h2-5H,6H2,1H3. The molecule has 0 aliphatic carbocycles. The Labute approximate surface area is 101 Å². The van der Waals surface area contributed by atoms with Crippen molar-refractivity contribution >= 4 is 10.9 Å². The van der Waals surface area contributed by atoms with E-state index in [1.165, 1.54) is 4.68 Å². The number of aryl methyl sites for hydroxylation is 1. The van der Waals surface area contributed by atoms with Gasteiger partial charge in [-0.2, -0.15) is 0 Å². The molecule has 18 heavy (non-hydrogen) atoms. The van der Waals surface area contributed by atoms with Crippen LogP contribution in [0.5, 0.6) is 0 Å². The molecule has 0 radical (unpaired) electrons. The smallest absolute Gasteiger partial charge is 0.278 e. The second-order valence-electron chi connectivity index (χ2n) is 3.78. The van der Waals surface area contributed by atoms with Crippen LogP contribution in [0.15, 0.2) is 33.5 Å². The van der Waals surface area contributed by atoms with Gasteiger partial charge in [-0.25, -0.2) is 4.68 Å². The average Bonchev–Trinajstić information content (AvgIpc) is 2.79. The van der Waals surface area contributed by atoms with E-state index in [2.05, 4.69) is 20.5 Å². The number of nitrogens with zero attached hydrogens (tertiary/aromatic N) is 5. The molecule has 0 aliphatic heterocycles. The lowest BCUT2D eigenvalue weighted by atomic mass is 10.2. The van der Waals surface area contributed by atoms with Gasteiger partial charge in [0.05, 0.1) is 5.39 Å². The third-order valence-electron chi connectivity index (χ3n) is 2.48. The second kappa shape index (κ2) is 4.02. The number of rotatable bonds is 2. The Morgan fingerprint density at radius 1 is 1.22 bits per heavy atom. The molecule has 0 atom stereocenters. The first kappa shape index (κ1) is 10.6. The van der Waals surface area contributed by atoms with Crippen LogP contribution in [0, 0.1) is 6.92 Å². The zero-order chi connectivity index (χ0) is 12.5. The van der Waals surface area contributed by atoms with Crippen molar-refractivity contribution in [2.24, 2.45) is 0 Å². The fourth-order valence-electron chi connectivity index (χ4n) is 1.66. The summed E-state index contributed by atoms with van der Waals surface area (Å²) in [7, 11) is 0. The summed E-state index contributed by atoms with van der Waals surface area (Å²) in [5.41, 5.74) is 0.344. The van der Waals surface area contributed by atoms with Crippen molar-refractivity contribution in [3.63, 3.8) is 0 Å². The first-order chi connectivity index (χ1) is 8.74. The van der Waals surface area contributed by atoms with Crippen LogP contribution in [0.4, 0.5) is 0 Å².